The van der Waals surface area contributed by atoms with Crippen LogP contribution in [0.5, 0.6) is 0 Å². The molecular formula is C26H16N2O. The maximum absolute atomic E-state index is 13.2. The van der Waals surface area contributed by atoms with Crippen molar-refractivity contribution in [2.45, 2.75) is 0 Å². The third-order valence-corrected chi connectivity index (χ3v) is 5.56. The fourth-order valence-electron chi connectivity index (χ4n) is 4.30. The van der Waals surface area contributed by atoms with Gasteiger partial charge in [0, 0.05) is 21.5 Å². The van der Waals surface area contributed by atoms with E-state index in [4.69, 9.17) is 4.98 Å². The van der Waals surface area contributed by atoms with Crippen LogP contribution in [0, 0.1) is 0 Å². The Morgan fingerprint density at radius 1 is 0.517 bits per heavy atom. The van der Waals surface area contributed by atoms with Gasteiger partial charge in [0.1, 0.15) is 0 Å². The zero-order chi connectivity index (χ0) is 19.4. The molecule has 6 aromatic rings. The molecule has 0 amide bonds. The second-order valence-electron chi connectivity index (χ2n) is 7.19. The van der Waals surface area contributed by atoms with Crippen molar-refractivity contribution < 1.29 is 0 Å². The highest BCUT2D eigenvalue weighted by Crippen LogP contribution is 2.33. The fourth-order valence-corrected chi connectivity index (χ4v) is 4.30. The summed E-state index contributed by atoms with van der Waals surface area (Å²) >= 11 is 0. The lowest BCUT2D eigenvalue weighted by molar-refractivity contribution is 1.19. The molecule has 2 aromatic heterocycles. The van der Waals surface area contributed by atoms with Gasteiger partial charge in [0.05, 0.1) is 27.8 Å². The number of pyridine rings is 2. The molecule has 2 heterocycles. The van der Waals surface area contributed by atoms with Gasteiger partial charge < -0.3 is 4.57 Å². The van der Waals surface area contributed by atoms with Crippen molar-refractivity contribution >= 4 is 43.6 Å². The maximum atomic E-state index is 13.2. The number of hydrogen-bond donors (Lipinski definition) is 0. The summed E-state index contributed by atoms with van der Waals surface area (Å²) in [5.74, 6) is 0. The maximum Gasteiger partial charge on any atom is 0.197 e. The number of para-hydroxylation sites is 4. The van der Waals surface area contributed by atoms with E-state index in [0.29, 0.717) is 0 Å². The topological polar surface area (TPSA) is 34.9 Å². The number of nitrogens with zero attached hydrogens (tertiary/aromatic N) is 2. The molecule has 136 valence electrons. The van der Waals surface area contributed by atoms with Crippen LogP contribution in [0.15, 0.2) is 102 Å². The van der Waals surface area contributed by atoms with E-state index in [2.05, 4.69) is 16.7 Å². The molecule has 0 aliphatic rings. The number of benzene rings is 4. The van der Waals surface area contributed by atoms with Gasteiger partial charge in [-0.05, 0) is 36.4 Å². The highest BCUT2D eigenvalue weighted by atomic mass is 16.1. The molecule has 4 aromatic carbocycles. The first-order valence-electron chi connectivity index (χ1n) is 9.63. The summed E-state index contributed by atoms with van der Waals surface area (Å²) in [7, 11) is 0. The van der Waals surface area contributed by atoms with Crippen LogP contribution >= 0.6 is 0 Å². The lowest BCUT2D eigenvalue weighted by atomic mass is 10.0. The Hall–Kier alpha value is -3.98. The van der Waals surface area contributed by atoms with Gasteiger partial charge in [-0.15, -0.1) is 0 Å². The van der Waals surface area contributed by atoms with Crippen molar-refractivity contribution in [3.05, 3.63) is 107 Å². The summed E-state index contributed by atoms with van der Waals surface area (Å²) in [6, 6.07) is 32.1. The van der Waals surface area contributed by atoms with Crippen LogP contribution in [-0.4, -0.2) is 9.55 Å². The number of aromatic nitrogens is 2. The third-order valence-electron chi connectivity index (χ3n) is 5.56. The van der Waals surface area contributed by atoms with Gasteiger partial charge >= 0.3 is 0 Å². The summed E-state index contributed by atoms with van der Waals surface area (Å²) in [6.07, 6.45) is 0. The lowest BCUT2D eigenvalue weighted by Gasteiger charge is -2.19. The van der Waals surface area contributed by atoms with Gasteiger partial charge in [0.25, 0.3) is 0 Å². The first-order chi connectivity index (χ1) is 14.3. The van der Waals surface area contributed by atoms with Crippen LogP contribution in [0.3, 0.4) is 0 Å². The highest BCUT2D eigenvalue weighted by molar-refractivity contribution is 6.07. The summed E-state index contributed by atoms with van der Waals surface area (Å²) in [4.78, 5) is 18.0. The number of hydrogen-bond acceptors (Lipinski definition) is 2. The summed E-state index contributed by atoms with van der Waals surface area (Å²) in [6.45, 7) is 0. The Morgan fingerprint density at radius 2 is 0.931 bits per heavy atom. The van der Waals surface area contributed by atoms with E-state index in [1.54, 1.807) is 0 Å². The zero-order valence-electron chi connectivity index (χ0n) is 15.5. The molecule has 0 aliphatic carbocycles. The van der Waals surface area contributed by atoms with Crippen LogP contribution in [0.2, 0.25) is 0 Å². The first-order valence-corrected chi connectivity index (χ1v) is 9.63. The average molecular weight is 372 g/mol. The minimum Gasteiger partial charge on any atom is -0.308 e. The molecule has 0 bridgehead atoms. The summed E-state index contributed by atoms with van der Waals surface area (Å²) in [5.41, 5.74) is 4.80. The van der Waals surface area contributed by atoms with Gasteiger partial charge in [-0.1, -0.05) is 60.7 Å². The molecule has 0 spiro atoms. The number of rotatable bonds is 1. The SMILES string of the molecule is O=c1c2ccccc2n(-c2c3ccccc3nc3ccccc23)c2ccccc12. The van der Waals surface area contributed by atoms with E-state index in [1.807, 2.05) is 84.9 Å². The van der Waals surface area contributed by atoms with Gasteiger partial charge in [-0.25, -0.2) is 4.98 Å². The Bertz CT molecular complexity index is 1520. The van der Waals surface area contributed by atoms with Crippen molar-refractivity contribution in [1.29, 1.82) is 0 Å². The molecule has 0 unspecified atom stereocenters. The lowest BCUT2D eigenvalue weighted by Crippen LogP contribution is -2.11. The molecule has 0 saturated heterocycles. The normalized spacial score (nSPS) is 11.6. The minimum absolute atomic E-state index is 0.0649. The predicted molar refractivity (Wildman–Crippen MR) is 120 cm³/mol. The molecule has 0 radical (unpaired) electrons. The monoisotopic (exact) mass is 372 g/mol. The quantitative estimate of drug-likeness (QED) is 0.340. The smallest absolute Gasteiger partial charge is 0.197 e. The second kappa shape index (κ2) is 6.01. The highest BCUT2D eigenvalue weighted by Gasteiger charge is 2.16. The molecule has 29 heavy (non-hydrogen) atoms. The molecule has 3 nitrogen and oxygen atoms in total. The first kappa shape index (κ1) is 16.0. The summed E-state index contributed by atoms with van der Waals surface area (Å²) in [5, 5.41) is 3.56. The molecule has 0 saturated carbocycles. The van der Waals surface area contributed by atoms with Crippen molar-refractivity contribution in [2.24, 2.45) is 0 Å². The molecule has 0 aliphatic heterocycles. The molecule has 0 fully saturated rings. The molecular weight excluding hydrogens is 356 g/mol. The Morgan fingerprint density at radius 3 is 1.45 bits per heavy atom. The van der Waals surface area contributed by atoms with Crippen molar-refractivity contribution in [3.8, 4) is 5.69 Å². The standard InChI is InChI=1S/C26H16N2O/c29-26-19-11-3-7-15-23(19)28(24-16-8-4-12-20(24)26)25-17-9-1-5-13-21(17)27-22-14-6-2-10-18(22)25/h1-16H. The molecule has 0 N–H and O–H groups in total. The van der Waals surface area contributed by atoms with E-state index in [1.165, 1.54) is 0 Å². The van der Waals surface area contributed by atoms with Crippen molar-refractivity contribution in [2.75, 3.05) is 0 Å². The Balaban J connectivity index is 1.98. The fraction of sp³-hybridized carbons (Fsp3) is 0. The van der Waals surface area contributed by atoms with Gasteiger partial charge in [-0.3, -0.25) is 4.79 Å². The van der Waals surface area contributed by atoms with Crippen molar-refractivity contribution in [1.82, 2.24) is 9.55 Å². The van der Waals surface area contributed by atoms with Crippen molar-refractivity contribution in [3.63, 3.8) is 0 Å². The van der Waals surface area contributed by atoms with Crippen LogP contribution in [-0.2, 0) is 0 Å². The second-order valence-corrected chi connectivity index (χ2v) is 7.19. The molecule has 0 atom stereocenters. The number of fused-ring (bicyclic) bond motifs is 4. The Labute approximate surface area is 166 Å². The van der Waals surface area contributed by atoms with Crippen LogP contribution in [0.25, 0.3) is 49.3 Å². The largest absolute Gasteiger partial charge is 0.308 e. The van der Waals surface area contributed by atoms with E-state index >= 15 is 0 Å². The summed E-state index contributed by atoms with van der Waals surface area (Å²) < 4.78 is 2.22. The van der Waals surface area contributed by atoms with Gasteiger partial charge in [0.15, 0.2) is 5.43 Å². The molecule has 3 heteroatoms. The van der Waals surface area contributed by atoms with E-state index in [-0.39, 0.29) is 5.43 Å². The van der Waals surface area contributed by atoms with Gasteiger partial charge in [-0.2, -0.15) is 0 Å². The van der Waals surface area contributed by atoms with Crippen LogP contribution in [0.1, 0.15) is 0 Å². The third kappa shape index (κ3) is 2.25. The zero-order valence-corrected chi connectivity index (χ0v) is 15.5. The van der Waals surface area contributed by atoms with Crippen LogP contribution in [0.4, 0.5) is 0 Å². The average Bonchev–Trinajstić information content (AvgIpc) is 2.79. The molecule has 6 rings (SSSR count). The van der Waals surface area contributed by atoms with Crippen LogP contribution < -0.4 is 5.43 Å². The van der Waals surface area contributed by atoms with E-state index in [9.17, 15) is 4.79 Å². The van der Waals surface area contributed by atoms with E-state index < -0.39 is 0 Å². The minimum atomic E-state index is 0.0649. The predicted octanol–water partition coefficient (Wildman–Crippen LogP) is 5.85. The van der Waals surface area contributed by atoms with E-state index in [0.717, 1.165) is 49.3 Å². The van der Waals surface area contributed by atoms with Gasteiger partial charge in [0.2, 0.25) is 0 Å². The Kier molecular flexibility index (Phi) is 3.32.